The van der Waals surface area contributed by atoms with Crippen LogP contribution >= 0.6 is 0 Å². The lowest BCUT2D eigenvalue weighted by atomic mass is 11.4. The van der Waals surface area contributed by atoms with Crippen molar-refractivity contribution in [2.45, 2.75) is 23.0 Å². The molecule has 0 N–H and O–H groups in total. The van der Waals surface area contributed by atoms with Gasteiger partial charge in [0.05, 0.1) is 0 Å². The maximum atomic E-state index is 11.9. The van der Waals surface area contributed by atoms with Crippen molar-refractivity contribution in [2.75, 3.05) is 0 Å². The molecule has 0 aromatic rings. The van der Waals surface area contributed by atoms with Crippen molar-refractivity contribution in [1.82, 2.24) is 0 Å². The van der Waals surface area contributed by atoms with Gasteiger partial charge in [0.2, 0.25) is 22.2 Å². The van der Waals surface area contributed by atoms with Gasteiger partial charge in [-0.2, -0.15) is 21.5 Å². The number of halogens is 9. The Balaban J connectivity index is 5.28. The lowest BCUT2D eigenvalue weighted by Gasteiger charge is -2.17. The highest BCUT2D eigenvalue weighted by Gasteiger charge is 2.48. The molecule has 134 valence electrons. The maximum absolute atomic E-state index is 11.9. The van der Waals surface area contributed by atoms with E-state index in [1.807, 2.05) is 0 Å². The molecule has 3 unspecified atom stereocenters. The molecule has 18 heteroatoms. The Kier molecular flexibility index (Phi) is 7.41. The Labute approximate surface area is 121 Å². The average Bonchev–Trinajstić information content (AvgIpc) is 2.18. The van der Waals surface area contributed by atoms with E-state index in [1.165, 1.54) is 0 Å². The van der Waals surface area contributed by atoms with Crippen LogP contribution in [0.2, 0.25) is 0 Å². The standard InChI is InChI=1S/C4HF9O6S3/c5-2(6,7)18-20(14)1(17-22(16)4(11,12)13)21(15)19-3(8,9)10/h1H. The molecule has 0 heterocycles. The molecular formula is C4HF9O6S3. The molecule has 0 aliphatic carbocycles. The zero-order valence-electron chi connectivity index (χ0n) is 9.15. The SMILES string of the molecule is O=S(OC(F)(F)F)C(OS(=O)C(F)(F)F)S(=O)OC(F)(F)F. The van der Waals surface area contributed by atoms with Crippen LogP contribution in [0.25, 0.3) is 0 Å². The highest BCUT2D eigenvalue weighted by atomic mass is 32.3. The Morgan fingerprint density at radius 1 is 0.682 bits per heavy atom. The second-order valence-electron chi connectivity index (χ2n) is 2.64. The Morgan fingerprint density at radius 3 is 1.23 bits per heavy atom. The zero-order chi connectivity index (χ0) is 17.9. The highest BCUT2D eigenvalue weighted by molar-refractivity contribution is 7.99. The van der Waals surface area contributed by atoms with Crippen LogP contribution in [0.4, 0.5) is 39.5 Å². The van der Waals surface area contributed by atoms with Crippen molar-refractivity contribution in [3.63, 3.8) is 0 Å². The van der Waals surface area contributed by atoms with Gasteiger partial charge in [-0.3, -0.25) is 0 Å². The van der Waals surface area contributed by atoms with Crippen molar-refractivity contribution in [3.05, 3.63) is 0 Å². The molecule has 6 nitrogen and oxygen atoms in total. The third-order valence-electron chi connectivity index (χ3n) is 1.02. The van der Waals surface area contributed by atoms with E-state index in [2.05, 4.69) is 12.5 Å². The number of hydrogen-bond donors (Lipinski definition) is 0. The van der Waals surface area contributed by atoms with Crippen LogP contribution in [-0.2, 0) is 45.8 Å². The van der Waals surface area contributed by atoms with E-state index in [-0.39, 0.29) is 0 Å². The summed E-state index contributed by atoms with van der Waals surface area (Å²) in [4.78, 5) is 0. The molecule has 0 bridgehead atoms. The monoisotopic (exact) mass is 412 g/mol. The van der Waals surface area contributed by atoms with E-state index >= 15 is 0 Å². The van der Waals surface area contributed by atoms with Gasteiger partial charge < -0.3 is 0 Å². The average molecular weight is 412 g/mol. The van der Waals surface area contributed by atoms with Gasteiger partial charge in [0, 0.05) is 0 Å². The van der Waals surface area contributed by atoms with Gasteiger partial charge in [-0.1, -0.05) is 0 Å². The first-order valence-electron chi connectivity index (χ1n) is 4.02. The molecule has 0 aliphatic rings. The fourth-order valence-corrected chi connectivity index (χ4v) is 2.99. The molecule has 0 aromatic heterocycles. The molecule has 0 saturated heterocycles. The Bertz CT molecular complexity index is 426. The molecule has 0 aromatic carbocycles. The molecule has 0 amide bonds. The summed E-state index contributed by atoms with van der Waals surface area (Å²) in [6.07, 6.45) is -11.6. The molecule has 0 aliphatic heterocycles. The lowest BCUT2D eigenvalue weighted by molar-refractivity contribution is -0.271. The van der Waals surface area contributed by atoms with Gasteiger partial charge in [-0.15, -0.1) is 26.3 Å². The van der Waals surface area contributed by atoms with Crippen molar-refractivity contribution < 1.29 is 64.7 Å². The van der Waals surface area contributed by atoms with Gasteiger partial charge in [0.1, 0.15) is 0 Å². The van der Waals surface area contributed by atoms with E-state index in [9.17, 15) is 52.1 Å². The second kappa shape index (κ2) is 7.51. The van der Waals surface area contributed by atoms with E-state index in [4.69, 9.17) is 0 Å². The van der Waals surface area contributed by atoms with Crippen LogP contribution in [0.1, 0.15) is 0 Å². The largest absolute Gasteiger partial charge is 0.535 e. The molecule has 3 atom stereocenters. The summed E-state index contributed by atoms with van der Waals surface area (Å²) in [6, 6.07) is 0. The molecule has 22 heavy (non-hydrogen) atoms. The normalized spacial score (nSPS) is 19.5. The first-order valence-corrected chi connectivity index (χ1v) is 7.37. The topological polar surface area (TPSA) is 78.9 Å². The van der Waals surface area contributed by atoms with Crippen molar-refractivity contribution >= 4 is 33.2 Å². The zero-order valence-corrected chi connectivity index (χ0v) is 11.6. The van der Waals surface area contributed by atoms with E-state index < -0.39 is 56.2 Å². The van der Waals surface area contributed by atoms with E-state index in [0.29, 0.717) is 0 Å². The molecular weight excluding hydrogens is 411 g/mol. The van der Waals surface area contributed by atoms with Gasteiger partial charge >= 0.3 is 18.2 Å². The molecule has 0 fully saturated rings. The predicted molar refractivity (Wildman–Crippen MR) is 49.6 cm³/mol. The molecule has 0 radical (unpaired) electrons. The van der Waals surface area contributed by atoms with Crippen LogP contribution < -0.4 is 0 Å². The highest BCUT2D eigenvalue weighted by Crippen LogP contribution is 2.28. The minimum Gasteiger partial charge on any atom is -0.248 e. The van der Waals surface area contributed by atoms with Gasteiger partial charge in [0.25, 0.3) is 15.8 Å². The predicted octanol–water partition coefficient (Wildman–Crippen LogP) is 1.87. The summed E-state index contributed by atoms with van der Waals surface area (Å²) in [6.45, 7) is 0. The first kappa shape index (κ1) is 21.7. The van der Waals surface area contributed by atoms with Crippen LogP contribution in [0.5, 0.6) is 0 Å². The minimum atomic E-state index is -5.80. The van der Waals surface area contributed by atoms with Crippen molar-refractivity contribution in [2.24, 2.45) is 0 Å². The number of hydrogen-bond acceptors (Lipinski definition) is 6. The summed E-state index contributed by atoms with van der Waals surface area (Å²) >= 11 is -13.0. The smallest absolute Gasteiger partial charge is 0.248 e. The van der Waals surface area contributed by atoms with Crippen LogP contribution in [0.15, 0.2) is 0 Å². The summed E-state index contributed by atoms with van der Waals surface area (Å²) in [5.74, 6) is 0. The van der Waals surface area contributed by atoms with Gasteiger partial charge in [-0.25, -0.2) is 16.8 Å². The fourth-order valence-electron chi connectivity index (χ4n) is 0.519. The van der Waals surface area contributed by atoms with Crippen LogP contribution in [0.3, 0.4) is 0 Å². The Hall–Kier alpha value is -0.300. The Morgan fingerprint density at radius 2 is 1.00 bits per heavy atom. The van der Waals surface area contributed by atoms with E-state index in [0.717, 1.165) is 0 Å². The van der Waals surface area contributed by atoms with Gasteiger partial charge in [-0.05, 0) is 0 Å². The molecule has 0 saturated carbocycles. The third-order valence-corrected chi connectivity index (χ3v) is 4.48. The first-order chi connectivity index (χ1) is 9.53. The van der Waals surface area contributed by atoms with Gasteiger partial charge in [0.15, 0.2) is 0 Å². The van der Waals surface area contributed by atoms with Crippen molar-refractivity contribution in [3.8, 4) is 0 Å². The summed E-state index contributed by atoms with van der Waals surface area (Å²) < 4.78 is 143. The minimum absolute atomic E-state index is 2.55. The second-order valence-corrected chi connectivity index (χ2v) is 6.30. The van der Waals surface area contributed by atoms with Crippen molar-refractivity contribution in [1.29, 1.82) is 0 Å². The molecule has 0 spiro atoms. The van der Waals surface area contributed by atoms with Crippen LogP contribution in [0, 0.1) is 0 Å². The third kappa shape index (κ3) is 8.98. The molecule has 0 rings (SSSR count). The van der Waals surface area contributed by atoms with E-state index in [1.54, 1.807) is 0 Å². The quantitative estimate of drug-likeness (QED) is 0.620. The maximum Gasteiger partial charge on any atom is 0.535 e. The fraction of sp³-hybridized carbons (Fsp3) is 1.00. The summed E-state index contributed by atoms with van der Waals surface area (Å²) in [5.41, 5.74) is -5.77. The summed E-state index contributed by atoms with van der Waals surface area (Å²) in [5, 5.41) is 0. The summed E-state index contributed by atoms with van der Waals surface area (Å²) in [7, 11) is 0. The number of rotatable bonds is 6. The van der Waals surface area contributed by atoms with Crippen LogP contribution in [-0.4, -0.2) is 35.6 Å². The number of alkyl halides is 9. The lowest BCUT2D eigenvalue weighted by Crippen LogP contribution is -2.36.